The molecule has 0 fully saturated rings. The van der Waals surface area contributed by atoms with Crippen molar-refractivity contribution in [1.82, 2.24) is 19.6 Å². The lowest BCUT2D eigenvalue weighted by molar-refractivity contribution is 0.103. The molecular formula is C21H17Cl4N5OS. The Morgan fingerprint density at radius 3 is 2.44 bits per heavy atom. The second-order valence-corrected chi connectivity index (χ2v) is 9.65. The summed E-state index contributed by atoms with van der Waals surface area (Å²) in [5.74, 6) is -0.0318. The first kappa shape index (κ1) is 23.1. The average molecular weight is 529 g/mol. The topological polar surface area (TPSA) is 64.7 Å². The highest BCUT2D eigenvalue weighted by atomic mass is 35.5. The molecule has 6 nitrogen and oxygen atoms in total. The molecule has 1 amide bonds. The number of halogens is 4. The van der Waals surface area contributed by atoms with Crippen molar-refractivity contribution >= 4 is 69.5 Å². The zero-order valence-electron chi connectivity index (χ0n) is 17.0. The molecule has 32 heavy (non-hydrogen) atoms. The summed E-state index contributed by atoms with van der Waals surface area (Å²) in [5, 5.41) is 15.5. The lowest BCUT2D eigenvalue weighted by Gasteiger charge is -2.06. The standard InChI is InChI=1S/C21H17Cl4N5OS/c1-11-19(25)12(2)30(27-11)7-13-6-18(32-10-13)21(31)26-20-17(24)9-29(28-20)8-14-15(22)4-3-5-16(14)23/h3-6,9-10H,7-8H2,1-2H3,(H,26,28,31). The van der Waals surface area contributed by atoms with E-state index in [9.17, 15) is 4.79 Å². The fourth-order valence-corrected chi connectivity index (χ4v) is 4.81. The van der Waals surface area contributed by atoms with Crippen molar-refractivity contribution in [3.05, 3.63) is 83.3 Å². The van der Waals surface area contributed by atoms with Gasteiger partial charge >= 0.3 is 0 Å². The number of rotatable bonds is 6. The van der Waals surface area contributed by atoms with Gasteiger partial charge in [0.1, 0.15) is 5.02 Å². The Labute approximate surface area is 208 Å². The van der Waals surface area contributed by atoms with Crippen LogP contribution >= 0.6 is 57.7 Å². The number of hydrogen-bond acceptors (Lipinski definition) is 4. The van der Waals surface area contributed by atoms with E-state index in [0.29, 0.717) is 38.1 Å². The molecule has 0 bridgehead atoms. The quantitative estimate of drug-likeness (QED) is 0.302. The van der Waals surface area contributed by atoms with Crippen molar-refractivity contribution in [2.24, 2.45) is 0 Å². The minimum atomic E-state index is -0.296. The summed E-state index contributed by atoms with van der Waals surface area (Å²) in [6.45, 7) is 4.62. The van der Waals surface area contributed by atoms with Gasteiger partial charge in [-0.05, 0) is 43.0 Å². The zero-order valence-corrected chi connectivity index (χ0v) is 20.8. The van der Waals surface area contributed by atoms with Gasteiger partial charge in [-0.2, -0.15) is 10.2 Å². The molecule has 0 atom stereocenters. The monoisotopic (exact) mass is 527 g/mol. The van der Waals surface area contributed by atoms with E-state index in [1.54, 1.807) is 29.1 Å². The number of nitrogens with zero attached hydrogens (tertiary/aromatic N) is 4. The number of anilines is 1. The van der Waals surface area contributed by atoms with Gasteiger partial charge in [0.05, 0.1) is 34.4 Å². The van der Waals surface area contributed by atoms with Gasteiger partial charge in [0, 0.05) is 21.8 Å². The number of carbonyl (C=O) groups is 1. The number of hydrogen-bond donors (Lipinski definition) is 1. The Morgan fingerprint density at radius 2 is 1.78 bits per heavy atom. The van der Waals surface area contributed by atoms with Gasteiger partial charge in [0.2, 0.25) is 0 Å². The van der Waals surface area contributed by atoms with Gasteiger partial charge in [0.25, 0.3) is 5.91 Å². The highest BCUT2D eigenvalue weighted by molar-refractivity contribution is 7.12. The first-order chi connectivity index (χ1) is 15.2. The van der Waals surface area contributed by atoms with Crippen molar-refractivity contribution in [2.45, 2.75) is 26.9 Å². The molecule has 11 heteroatoms. The summed E-state index contributed by atoms with van der Waals surface area (Å²) >= 11 is 26.3. The number of benzene rings is 1. The molecule has 0 aliphatic rings. The third-order valence-corrected chi connectivity index (χ3v) is 7.34. The van der Waals surface area contributed by atoms with Crippen molar-refractivity contribution in [3.8, 4) is 0 Å². The van der Waals surface area contributed by atoms with Gasteiger partial charge in [-0.25, -0.2) is 0 Å². The van der Waals surface area contributed by atoms with E-state index in [4.69, 9.17) is 46.4 Å². The van der Waals surface area contributed by atoms with Crippen molar-refractivity contribution in [1.29, 1.82) is 0 Å². The molecule has 0 spiro atoms. The second-order valence-electron chi connectivity index (χ2n) is 7.14. The van der Waals surface area contributed by atoms with Crippen LogP contribution in [0, 0.1) is 13.8 Å². The van der Waals surface area contributed by atoms with Crippen molar-refractivity contribution < 1.29 is 4.79 Å². The number of nitrogens with one attached hydrogen (secondary N) is 1. The van der Waals surface area contributed by atoms with Crippen LogP contribution in [0.4, 0.5) is 5.82 Å². The molecule has 0 unspecified atom stereocenters. The maximum absolute atomic E-state index is 12.7. The summed E-state index contributed by atoms with van der Waals surface area (Å²) in [6, 6.07) is 7.10. The molecule has 4 aromatic rings. The molecule has 3 heterocycles. The van der Waals surface area contributed by atoms with E-state index >= 15 is 0 Å². The third-order valence-electron chi connectivity index (χ3n) is 4.83. The normalized spacial score (nSPS) is 11.2. The van der Waals surface area contributed by atoms with Gasteiger partial charge in [0.15, 0.2) is 5.82 Å². The predicted octanol–water partition coefficient (Wildman–Crippen LogP) is 6.72. The zero-order chi connectivity index (χ0) is 23.0. The second kappa shape index (κ2) is 9.45. The van der Waals surface area contributed by atoms with Gasteiger partial charge < -0.3 is 5.32 Å². The maximum Gasteiger partial charge on any atom is 0.266 e. The molecule has 0 saturated heterocycles. The Kier molecular flexibility index (Phi) is 6.83. The molecule has 4 rings (SSSR count). The third kappa shape index (κ3) is 4.82. The van der Waals surface area contributed by atoms with Gasteiger partial charge in [-0.15, -0.1) is 11.3 Å². The molecule has 0 radical (unpaired) electrons. The molecule has 1 aromatic carbocycles. The van der Waals surface area contributed by atoms with E-state index in [0.717, 1.165) is 22.5 Å². The number of aromatic nitrogens is 4. The average Bonchev–Trinajstić information content (AvgIpc) is 3.41. The fraction of sp³-hybridized carbons (Fsp3) is 0.190. The van der Waals surface area contributed by atoms with Crippen LogP contribution in [-0.4, -0.2) is 25.5 Å². The minimum Gasteiger partial charge on any atom is -0.303 e. The Morgan fingerprint density at radius 1 is 1.06 bits per heavy atom. The van der Waals surface area contributed by atoms with Gasteiger partial charge in [-0.3, -0.25) is 14.2 Å². The highest BCUT2D eigenvalue weighted by Crippen LogP contribution is 2.28. The summed E-state index contributed by atoms with van der Waals surface area (Å²) in [5.41, 5.74) is 3.34. The summed E-state index contributed by atoms with van der Waals surface area (Å²) in [7, 11) is 0. The molecule has 1 N–H and O–H groups in total. The SMILES string of the molecule is Cc1nn(Cc2csc(C(=O)Nc3nn(Cc4c(Cl)cccc4Cl)cc3Cl)c2)c(C)c1Cl. The first-order valence-corrected chi connectivity index (χ1v) is 11.9. The number of amides is 1. The smallest absolute Gasteiger partial charge is 0.266 e. The lowest BCUT2D eigenvalue weighted by Crippen LogP contribution is -2.12. The first-order valence-electron chi connectivity index (χ1n) is 9.47. The van der Waals surface area contributed by atoms with Crippen LogP contribution in [0.2, 0.25) is 20.1 Å². The lowest BCUT2D eigenvalue weighted by atomic mass is 10.2. The van der Waals surface area contributed by atoms with Crippen LogP contribution in [0.5, 0.6) is 0 Å². The van der Waals surface area contributed by atoms with Gasteiger partial charge in [-0.1, -0.05) is 52.5 Å². The molecule has 0 aliphatic carbocycles. The number of thiophene rings is 1. The predicted molar refractivity (Wildman–Crippen MR) is 131 cm³/mol. The molecule has 0 saturated carbocycles. The minimum absolute atomic E-state index is 0.264. The van der Waals surface area contributed by atoms with E-state index in [-0.39, 0.29) is 11.7 Å². The Bertz CT molecular complexity index is 1290. The highest BCUT2D eigenvalue weighted by Gasteiger charge is 2.17. The van der Waals surface area contributed by atoms with E-state index in [2.05, 4.69) is 15.5 Å². The molecular weight excluding hydrogens is 512 g/mol. The van der Waals surface area contributed by atoms with E-state index in [1.807, 2.05) is 30.0 Å². The molecule has 3 aromatic heterocycles. The number of aryl methyl sites for hydroxylation is 1. The van der Waals surface area contributed by atoms with E-state index < -0.39 is 0 Å². The summed E-state index contributed by atoms with van der Waals surface area (Å²) in [4.78, 5) is 13.3. The van der Waals surface area contributed by atoms with E-state index in [1.165, 1.54) is 11.3 Å². The summed E-state index contributed by atoms with van der Waals surface area (Å²) < 4.78 is 3.40. The number of carbonyl (C=O) groups excluding carboxylic acids is 1. The van der Waals surface area contributed by atoms with Crippen LogP contribution in [-0.2, 0) is 13.1 Å². The van der Waals surface area contributed by atoms with Crippen LogP contribution in [0.15, 0.2) is 35.8 Å². The molecule has 166 valence electrons. The molecule has 0 aliphatic heterocycles. The largest absolute Gasteiger partial charge is 0.303 e. The maximum atomic E-state index is 12.7. The Balaban J connectivity index is 1.46. The van der Waals surface area contributed by atoms with Crippen molar-refractivity contribution in [2.75, 3.05) is 5.32 Å². The van der Waals surface area contributed by atoms with Crippen LogP contribution in [0.1, 0.15) is 32.2 Å². The van der Waals surface area contributed by atoms with Crippen LogP contribution in [0.25, 0.3) is 0 Å². The van der Waals surface area contributed by atoms with Crippen LogP contribution in [0.3, 0.4) is 0 Å². The van der Waals surface area contributed by atoms with Crippen molar-refractivity contribution in [3.63, 3.8) is 0 Å². The fourth-order valence-electron chi connectivity index (χ4n) is 3.16. The summed E-state index contributed by atoms with van der Waals surface area (Å²) in [6.07, 6.45) is 1.61. The Hall–Kier alpha value is -2.03. The van der Waals surface area contributed by atoms with Crippen LogP contribution < -0.4 is 5.32 Å².